The molecule has 2 heterocycles. The smallest absolute Gasteiger partial charge is 0.326 e. The summed E-state index contributed by atoms with van der Waals surface area (Å²) in [4.78, 5) is 19.3. The number of anilines is 1. The fourth-order valence-electron chi connectivity index (χ4n) is 4.46. The lowest BCUT2D eigenvalue weighted by Gasteiger charge is -2.19. The van der Waals surface area contributed by atoms with E-state index in [0.29, 0.717) is 17.0 Å². The number of hydrogen-bond acceptors (Lipinski definition) is 2. The second-order valence-electron chi connectivity index (χ2n) is 8.02. The highest BCUT2D eigenvalue weighted by atomic mass is 19.4. The molecule has 0 radical (unpaired) electrons. The van der Waals surface area contributed by atoms with Crippen molar-refractivity contribution in [2.75, 3.05) is 4.90 Å². The fraction of sp³-hybridized carbons (Fsp3) is 0.364. The Morgan fingerprint density at radius 1 is 1.10 bits per heavy atom. The third-order valence-electron chi connectivity index (χ3n) is 6.05. The van der Waals surface area contributed by atoms with Gasteiger partial charge in [0.1, 0.15) is 11.6 Å². The van der Waals surface area contributed by atoms with Gasteiger partial charge >= 0.3 is 6.18 Å². The van der Waals surface area contributed by atoms with Gasteiger partial charge in [-0.25, -0.2) is 9.37 Å². The van der Waals surface area contributed by atoms with Crippen LogP contribution in [0.2, 0.25) is 0 Å². The summed E-state index contributed by atoms with van der Waals surface area (Å²) in [6.45, 7) is 0.232. The molecule has 2 aliphatic rings. The van der Waals surface area contributed by atoms with Gasteiger partial charge in [0.2, 0.25) is 5.91 Å². The van der Waals surface area contributed by atoms with E-state index < -0.39 is 23.8 Å². The number of para-hydroxylation sites is 2. The molecule has 0 N–H and O–H groups in total. The van der Waals surface area contributed by atoms with Crippen molar-refractivity contribution in [2.45, 2.75) is 50.4 Å². The van der Waals surface area contributed by atoms with Crippen LogP contribution in [0.4, 0.5) is 23.2 Å². The van der Waals surface area contributed by atoms with Crippen LogP contribution in [0.1, 0.15) is 37.1 Å². The number of imidazole rings is 1. The van der Waals surface area contributed by atoms with E-state index in [1.807, 2.05) is 6.07 Å². The van der Waals surface area contributed by atoms with Crippen LogP contribution < -0.4 is 4.90 Å². The van der Waals surface area contributed by atoms with Gasteiger partial charge in [-0.05, 0) is 49.1 Å². The maximum absolute atomic E-state index is 13.9. The number of benzene rings is 2. The maximum Gasteiger partial charge on any atom is 0.389 e. The van der Waals surface area contributed by atoms with Gasteiger partial charge in [0.05, 0.1) is 28.7 Å². The summed E-state index contributed by atoms with van der Waals surface area (Å²) in [6, 6.07) is 11.6. The van der Waals surface area contributed by atoms with Gasteiger partial charge in [-0.15, -0.1) is 0 Å². The van der Waals surface area contributed by atoms with Crippen LogP contribution in [-0.4, -0.2) is 21.6 Å². The molecular formula is C22H19F4N3O. The lowest BCUT2D eigenvalue weighted by atomic mass is 9.98. The second kappa shape index (κ2) is 6.55. The molecule has 2 aromatic carbocycles. The zero-order valence-corrected chi connectivity index (χ0v) is 16.0. The quantitative estimate of drug-likeness (QED) is 0.542. The largest absolute Gasteiger partial charge is 0.389 e. The number of hydrogen-bond donors (Lipinski definition) is 0. The zero-order valence-electron chi connectivity index (χ0n) is 16.0. The Morgan fingerprint density at radius 3 is 2.60 bits per heavy atom. The molecule has 1 amide bonds. The number of amides is 1. The van der Waals surface area contributed by atoms with E-state index in [9.17, 15) is 22.4 Å². The van der Waals surface area contributed by atoms with E-state index in [2.05, 4.69) is 4.98 Å². The van der Waals surface area contributed by atoms with Crippen LogP contribution in [-0.2, 0) is 23.3 Å². The first-order valence-electron chi connectivity index (χ1n) is 9.91. The van der Waals surface area contributed by atoms with Crippen molar-refractivity contribution in [3.05, 3.63) is 59.7 Å². The molecule has 4 nitrogen and oxygen atoms in total. The van der Waals surface area contributed by atoms with Gasteiger partial charge < -0.3 is 9.47 Å². The van der Waals surface area contributed by atoms with Crippen molar-refractivity contribution >= 4 is 22.6 Å². The van der Waals surface area contributed by atoms with Crippen LogP contribution in [0, 0.1) is 5.82 Å². The van der Waals surface area contributed by atoms with Gasteiger partial charge in [-0.1, -0.05) is 18.2 Å². The van der Waals surface area contributed by atoms with Crippen molar-refractivity contribution in [2.24, 2.45) is 0 Å². The number of rotatable bonds is 5. The molecule has 0 atom stereocenters. The number of nitrogens with zero attached hydrogens (tertiary/aromatic N) is 3. The molecule has 1 aliphatic heterocycles. The van der Waals surface area contributed by atoms with E-state index in [1.54, 1.807) is 28.8 Å². The Morgan fingerprint density at radius 2 is 1.87 bits per heavy atom. The number of aryl methyl sites for hydroxylation is 1. The molecule has 0 saturated heterocycles. The first-order chi connectivity index (χ1) is 14.3. The minimum atomic E-state index is -4.23. The highest BCUT2D eigenvalue weighted by Gasteiger charge is 2.59. The molecule has 1 aliphatic carbocycles. The summed E-state index contributed by atoms with van der Waals surface area (Å²) in [7, 11) is 0. The lowest BCUT2D eigenvalue weighted by Crippen LogP contribution is -2.32. The van der Waals surface area contributed by atoms with Crippen molar-refractivity contribution in [3.63, 3.8) is 0 Å². The van der Waals surface area contributed by atoms with Gasteiger partial charge in [0, 0.05) is 13.0 Å². The minimum absolute atomic E-state index is 0.0834. The number of fused-ring (bicyclic) bond motifs is 3. The lowest BCUT2D eigenvalue weighted by molar-refractivity contribution is -0.135. The van der Waals surface area contributed by atoms with E-state index in [4.69, 9.17) is 0 Å². The molecule has 5 rings (SSSR count). The molecular weight excluding hydrogens is 398 g/mol. The normalized spacial score (nSPS) is 17.2. The monoisotopic (exact) mass is 417 g/mol. The predicted molar refractivity (Wildman–Crippen MR) is 104 cm³/mol. The third-order valence-corrected chi connectivity index (χ3v) is 6.05. The molecule has 1 spiro atoms. The molecule has 156 valence electrons. The van der Waals surface area contributed by atoms with Crippen LogP contribution in [0.25, 0.3) is 11.0 Å². The number of alkyl halides is 3. The van der Waals surface area contributed by atoms with E-state index in [0.717, 1.165) is 23.9 Å². The summed E-state index contributed by atoms with van der Waals surface area (Å²) < 4.78 is 53.7. The van der Waals surface area contributed by atoms with Gasteiger partial charge in [-0.3, -0.25) is 4.79 Å². The number of carbonyl (C=O) groups is 1. The summed E-state index contributed by atoms with van der Waals surface area (Å²) in [6.07, 6.45) is -3.75. The standard InChI is InChI=1S/C22H19F4N3O/c23-14-6-7-15-18(12-14)29(20(30)21(15)9-10-21)13-19-27-16-4-1-2-5-17(16)28(19)11-3-8-22(24,25)26/h1-2,4-7,12H,3,8-11,13H2. The summed E-state index contributed by atoms with van der Waals surface area (Å²) >= 11 is 0. The molecule has 0 unspecified atom stereocenters. The Kier molecular flexibility index (Phi) is 4.17. The molecule has 0 bridgehead atoms. The van der Waals surface area contributed by atoms with Crippen molar-refractivity contribution in [1.29, 1.82) is 0 Å². The molecule has 3 aromatic rings. The predicted octanol–water partition coefficient (Wildman–Crippen LogP) is 5.10. The van der Waals surface area contributed by atoms with E-state index >= 15 is 0 Å². The van der Waals surface area contributed by atoms with E-state index in [1.165, 1.54) is 17.0 Å². The topological polar surface area (TPSA) is 38.1 Å². The molecule has 1 fully saturated rings. The average molecular weight is 417 g/mol. The first kappa shape index (κ1) is 19.1. The molecule has 1 saturated carbocycles. The highest BCUT2D eigenvalue weighted by molar-refractivity contribution is 6.10. The van der Waals surface area contributed by atoms with Gasteiger partial charge in [-0.2, -0.15) is 13.2 Å². The van der Waals surface area contributed by atoms with Crippen molar-refractivity contribution in [3.8, 4) is 0 Å². The zero-order chi connectivity index (χ0) is 21.1. The molecule has 30 heavy (non-hydrogen) atoms. The maximum atomic E-state index is 13.9. The second-order valence-corrected chi connectivity index (χ2v) is 8.02. The van der Waals surface area contributed by atoms with E-state index in [-0.39, 0.29) is 25.4 Å². The number of aromatic nitrogens is 2. The third kappa shape index (κ3) is 3.05. The van der Waals surface area contributed by atoms with Crippen LogP contribution in [0.15, 0.2) is 42.5 Å². The van der Waals surface area contributed by atoms with Crippen LogP contribution in [0.3, 0.4) is 0 Å². The SMILES string of the molecule is O=C1N(Cc2nc3ccccc3n2CCCC(F)(F)F)c2cc(F)ccc2C12CC2. The summed E-state index contributed by atoms with van der Waals surface area (Å²) in [5, 5.41) is 0. The Labute approximate surface area is 170 Å². The Hall–Kier alpha value is -2.90. The Balaban J connectivity index is 1.51. The van der Waals surface area contributed by atoms with Crippen molar-refractivity contribution < 1.29 is 22.4 Å². The summed E-state index contributed by atoms with van der Waals surface area (Å²) in [5.74, 6) is -0.0143. The minimum Gasteiger partial charge on any atom is -0.326 e. The summed E-state index contributed by atoms with van der Waals surface area (Å²) in [5.41, 5.74) is 2.17. The molecule has 1 aromatic heterocycles. The number of halogens is 4. The van der Waals surface area contributed by atoms with Gasteiger partial charge in [0.25, 0.3) is 0 Å². The highest BCUT2D eigenvalue weighted by Crippen LogP contribution is 2.57. The van der Waals surface area contributed by atoms with Crippen LogP contribution in [0.5, 0.6) is 0 Å². The van der Waals surface area contributed by atoms with Gasteiger partial charge in [0.15, 0.2) is 0 Å². The van der Waals surface area contributed by atoms with Crippen molar-refractivity contribution in [1.82, 2.24) is 9.55 Å². The average Bonchev–Trinajstić information content (AvgIpc) is 3.38. The first-order valence-corrected chi connectivity index (χ1v) is 9.91. The Bertz CT molecular complexity index is 1150. The fourth-order valence-corrected chi connectivity index (χ4v) is 4.46. The number of carbonyl (C=O) groups excluding carboxylic acids is 1. The molecule has 8 heteroatoms. The van der Waals surface area contributed by atoms with Crippen LogP contribution >= 0.6 is 0 Å².